The molecule has 0 aromatic rings. The fraction of sp³-hybridized carbons (Fsp3) is 0.929. The van der Waals surface area contributed by atoms with Crippen molar-refractivity contribution in [3.63, 3.8) is 0 Å². The van der Waals surface area contributed by atoms with Crippen molar-refractivity contribution in [2.75, 3.05) is 33.4 Å². The Kier molecular flexibility index (Phi) is 4.62. The van der Waals surface area contributed by atoms with Crippen LogP contribution in [0.15, 0.2) is 0 Å². The summed E-state index contributed by atoms with van der Waals surface area (Å²) in [5.74, 6) is 0.911. The van der Waals surface area contributed by atoms with Crippen molar-refractivity contribution < 1.29 is 9.53 Å². The number of hydrogen-bond acceptors (Lipinski definition) is 3. The summed E-state index contributed by atoms with van der Waals surface area (Å²) in [5.41, 5.74) is 0. The first kappa shape index (κ1) is 13.8. The number of carbonyl (C=O) groups excluding carboxylic acids is 1. The fourth-order valence-corrected chi connectivity index (χ4v) is 3.09. The maximum atomic E-state index is 12.3. The molecule has 2 saturated heterocycles. The molecule has 4 heteroatoms. The molecule has 0 aromatic heterocycles. The lowest BCUT2D eigenvalue weighted by molar-refractivity contribution is -0.133. The minimum atomic E-state index is 0.0920. The summed E-state index contributed by atoms with van der Waals surface area (Å²) < 4.78 is 5.51. The van der Waals surface area contributed by atoms with E-state index in [0.29, 0.717) is 17.9 Å². The van der Waals surface area contributed by atoms with Gasteiger partial charge in [0.25, 0.3) is 0 Å². The van der Waals surface area contributed by atoms with Gasteiger partial charge in [0.05, 0.1) is 12.6 Å². The van der Waals surface area contributed by atoms with Crippen LogP contribution in [-0.2, 0) is 9.53 Å². The Labute approximate surface area is 110 Å². The predicted octanol–water partition coefficient (Wildman–Crippen LogP) is 1.35. The van der Waals surface area contributed by atoms with Gasteiger partial charge in [0.1, 0.15) is 0 Å². The predicted molar refractivity (Wildman–Crippen MR) is 71.4 cm³/mol. The Morgan fingerprint density at radius 2 is 2.22 bits per heavy atom. The summed E-state index contributed by atoms with van der Waals surface area (Å²) in [6.07, 6.45) is 3.37. The fourth-order valence-electron chi connectivity index (χ4n) is 3.09. The zero-order chi connectivity index (χ0) is 13.1. The van der Waals surface area contributed by atoms with Gasteiger partial charge in [-0.05, 0) is 46.1 Å². The molecule has 2 atom stereocenters. The van der Waals surface area contributed by atoms with Crippen LogP contribution in [0.2, 0.25) is 0 Å². The first-order valence-electron chi connectivity index (χ1n) is 7.18. The smallest absolute Gasteiger partial charge is 0.240 e. The van der Waals surface area contributed by atoms with Gasteiger partial charge in [0, 0.05) is 25.7 Å². The van der Waals surface area contributed by atoms with Gasteiger partial charge in [-0.1, -0.05) is 0 Å². The van der Waals surface area contributed by atoms with E-state index in [0.717, 1.165) is 39.1 Å². The van der Waals surface area contributed by atoms with E-state index in [-0.39, 0.29) is 6.04 Å². The van der Waals surface area contributed by atoms with Crippen molar-refractivity contribution >= 4 is 5.91 Å². The zero-order valence-corrected chi connectivity index (χ0v) is 11.9. The summed E-state index contributed by atoms with van der Waals surface area (Å²) in [7, 11) is 2.08. The van der Waals surface area contributed by atoms with Crippen LogP contribution in [0.25, 0.3) is 0 Å². The molecule has 0 bridgehead atoms. The van der Waals surface area contributed by atoms with Crippen LogP contribution in [-0.4, -0.2) is 61.1 Å². The molecule has 2 fully saturated rings. The van der Waals surface area contributed by atoms with E-state index in [9.17, 15) is 4.79 Å². The SMILES string of the molecule is CC(C)N1CCC(N(C)CC2CCCOC2)C1=O. The molecule has 2 heterocycles. The number of likely N-dealkylation sites (tertiary alicyclic amines) is 1. The molecule has 0 aromatic carbocycles. The Morgan fingerprint density at radius 3 is 2.78 bits per heavy atom. The molecule has 0 saturated carbocycles. The normalized spacial score (nSPS) is 29.6. The molecule has 2 unspecified atom stereocenters. The number of amides is 1. The number of rotatable bonds is 4. The van der Waals surface area contributed by atoms with E-state index in [1.807, 2.05) is 4.90 Å². The topological polar surface area (TPSA) is 32.8 Å². The quantitative estimate of drug-likeness (QED) is 0.759. The van der Waals surface area contributed by atoms with Crippen molar-refractivity contribution in [3.05, 3.63) is 0 Å². The van der Waals surface area contributed by atoms with Crippen molar-refractivity contribution in [2.45, 2.75) is 45.2 Å². The molecule has 2 rings (SSSR count). The third kappa shape index (κ3) is 3.04. The van der Waals surface area contributed by atoms with Gasteiger partial charge >= 0.3 is 0 Å². The minimum Gasteiger partial charge on any atom is -0.381 e. The van der Waals surface area contributed by atoms with E-state index in [1.54, 1.807) is 0 Å². The first-order valence-corrected chi connectivity index (χ1v) is 7.18. The van der Waals surface area contributed by atoms with Crippen molar-refractivity contribution in [3.8, 4) is 0 Å². The molecule has 0 spiro atoms. The lowest BCUT2D eigenvalue weighted by Gasteiger charge is -2.30. The number of nitrogens with zero attached hydrogens (tertiary/aromatic N) is 2. The molecule has 0 aliphatic carbocycles. The summed E-state index contributed by atoms with van der Waals surface area (Å²) in [6.45, 7) is 7.85. The van der Waals surface area contributed by atoms with Crippen LogP contribution in [0.5, 0.6) is 0 Å². The van der Waals surface area contributed by atoms with Gasteiger partial charge in [-0.2, -0.15) is 0 Å². The van der Waals surface area contributed by atoms with Crippen molar-refractivity contribution in [2.24, 2.45) is 5.92 Å². The van der Waals surface area contributed by atoms with Crippen LogP contribution < -0.4 is 0 Å². The lowest BCUT2D eigenvalue weighted by Crippen LogP contribution is -2.44. The summed E-state index contributed by atoms with van der Waals surface area (Å²) in [6, 6.07) is 0.420. The Bertz CT molecular complexity index is 288. The maximum Gasteiger partial charge on any atom is 0.240 e. The Morgan fingerprint density at radius 1 is 1.44 bits per heavy atom. The number of carbonyl (C=O) groups is 1. The summed E-state index contributed by atoms with van der Waals surface area (Å²) in [5, 5.41) is 0. The third-order valence-electron chi connectivity index (χ3n) is 4.17. The molecule has 4 nitrogen and oxygen atoms in total. The van der Waals surface area contributed by atoms with E-state index in [1.165, 1.54) is 6.42 Å². The maximum absolute atomic E-state index is 12.3. The second kappa shape index (κ2) is 6.02. The van der Waals surface area contributed by atoms with Gasteiger partial charge in [0.15, 0.2) is 0 Å². The summed E-state index contributed by atoms with van der Waals surface area (Å²) >= 11 is 0. The number of ether oxygens (including phenoxy) is 1. The Balaban J connectivity index is 1.85. The molecule has 104 valence electrons. The molecular formula is C14H26N2O2. The molecule has 2 aliphatic rings. The molecule has 0 N–H and O–H groups in total. The average Bonchev–Trinajstić information content (AvgIpc) is 2.72. The number of likely N-dealkylation sites (N-methyl/N-ethyl adjacent to an activating group) is 1. The van der Waals surface area contributed by atoms with Crippen LogP contribution in [0, 0.1) is 5.92 Å². The minimum absolute atomic E-state index is 0.0920. The molecule has 2 aliphatic heterocycles. The van der Waals surface area contributed by atoms with E-state index >= 15 is 0 Å². The molecule has 0 radical (unpaired) electrons. The van der Waals surface area contributed by atoms with Gasteiger partial charge < -0.3 is 9.64 Å². The van der Waals surface area contributed by atoms with E-state index < -0.39 is 0 Å². The Hall–Kier alpha value is -0.610. The van der Waals surface area contributed by atoms with Crippen molar-refractivity contribution in [1.29, 1.82) is 0 Å². The van der Waals surface area contributed by atoms with E-state index in [4.69, 9.17) is 4.74 Å². The summed E-state index contributed by atoms with van der Waals surface area (Å²) in [4.78, 5) is 16.5. The lowest BCUT2D eigenvalue weighted by atomic mass is 10.0. The molecule has 18 heavy (non-hydrogen) atoms. The van der Waals surface area contributed by atoms with Crippen molar-refractivity contribution in [1.82, 2.24) is 9.80 Å². The van der Waals surface area contributed by atoms with Gasteiger partial charge in [-0.25, -0.2) is 0 Å². The monoisotopic (exact) mass is 254 g/mol. The first-order chi connectivity index (χ1) is 8.59. The second-order valence-electron chi connectivity index (χ2n) is 5.95. The van der Waals surface area contributed by atoms with Gasteiger partial charge in [-0.15, -0.1) is 0 Å². The van der Waals surface area contributed by atoms with Gasteiger partial charge in [-0.3, -0.25) is 9.69 Å². The molecule has 1 amide bonds. The largest absolute Gasteiger partial charge is 0.381 e. The zero-order valence-electron chi connectivity index (χ0n) is 11.9. The van der Waals surface area contributed by atoms with Gasteiger partial charge in [0.2, 0.25) is 5.91 Å². The second-order valence-corrected chi connectivity index (χ2v) is 5.95. The molecular weight excluding hydrogens is 228 g/mol. The van der Waals surface area contributed by atoms with Crippen LogP contribution in [0.4, 0.5) is 0 Å². The van der Waals surface area contributed by atoms with Crippen LogP contribution in [0.3, 0.4) is 0 Å². The highest BCUT2D eigenvalue weighted by molar-refractivity contribution is 5.84. The third-order valence-corrected chi connectivity index (χ3v) is 4.17. The standard InChI is InChI=1S/C14H26N2O2/c1-11(2)16-7-6-13(14(16)17)15(3)9-12-5-4-8-18-10-12/h11-13H,4-10H2,1-3H3. The van der Waals surface area contributed by atoms with Crippen LogP contribution in [0.1, 0.15) is 33.1 Å². The highest BCUT2D eigenvalue weighted by Gasteiger charge is 2.36. The van der Waals surface area contributed by atoms with Crippen LogP contribution >= 0.6 is 0 Å². The highest BCUT2D eigenvalue weighted by Crippen LogP contribution is 2.21. The van der Waals surface area contributed by atoms with E-state index in [2.05, 4.69) is 25.8 Å². The number of hydrogen-bond donors (Lipinski definition) is 0. The highest BCUT2D eigenvalue weighted by atomic mass is 16.5. The average molecular weight is 254 g/mol.